The predicted molar refractivity (Wildman–Crippen MR) is 90.2 cm³/mol. The van der Waals surface area contributed by atoms with Gasteiger partial charge in [0.15, 0.2) is 0 Å². The monoisotopic (exact) mass is 310 g/mol. The lowest BCUT2D eigenvalue weighted by Crippen LogP contribution is -2.27. The number of nitrogens with zero attached hydrogens (tertiary/aromatic N) is 1. The highest BCUT2D eigenvalue weighted by molar-refractivity contribution is 6.30. The highest BCUT2D eigenvalue weighted by Gasteiger charge is 2.21. The van der Waals surface area contributed by atoms with Crippen LogP contribution in [0.4, 0.5) is 5.69 Å². The molecule has 0 spiro atoms. The van der Waals surface area contributed by atoms with Crippen molar-refractivity contribution in [3.63, 3.8) is 0 Å². The summed E-state index contributed by atoms with van der Waals surface area (Å²) in [5.74, 6) is 0.830. The molecular formula is C17H27ClN2O. The molecule has 0 amide bonds. The predicted octanol–water partition coefficient (Wildman–Crippen LogP) is 3.70. The van der Waals surface area contributed by atoms with Crippen molar-refractivity contribution in [2.45, 2.75) is 39.3 Å². The Kier molecular flexibility index (Phi) is 6.34. The van der Waals surface area contributed by atoms with Crippen LogP contribution in [0.3, 0.4) is 0 Å². The van der Waals surface area contributed by atoms with Crippen molar-refractivity contribution in [2.75, 3.05) is 31.7 Å². The van der Waals surface area contributed by atoms with Crippen LogP contribution in [-0.2, 0) is 11.3 Å². The molecule has 1 saturated carbocycles. The fourth-order valence-electron chi connectivity index (χ4n) is 2.24. The summed E-state index contributed by atoms with van der Waals surface area (Å²) in [6.45, 7) is 7.76. The molecular weight excluding hydrogens is 284 g/mol. The minimum absolute atomic E-state index is 0.462. The first-order chi connectivity index (χ1) is 10.1. The molecule has 1 aliphatic carbocycles. The molecule has 0 unspecified atom stereocenters. The van der Waals surface area contributed by atoms with Crippen LogP contribution in [0, 0.1) is 5.92 Å². The molecule has 0 aromatic heterocycles. The Morgan fingerprint density at radius 3 is 2.81 bits per heavy atom. The first-order valence-electron chi connectivity index (χ1n) is 7.87. The van der Waals surface area contributed by atoms with E-state index >= 15 is 0 Å². The quantitative estimate of drug-likeness (QED) is 0.704. The fourth-order valence-corrected chi connectivity index (χ4v) is 2.43. The molecule has 0 radical (unpaired) electrons. The van der Waals surface area contributed by atoms with Crippen molar-refractivity contribution in [1.82, 2.24) is 5.32 Å². The van der Waals surface area contributed by atoms with Gasteiger partial charge in [-0.05, 0) is 42.5 Å². The van der Waals surface area contributed by atoms with Crippen molar-refractivity contribution in [2.24, 2.45) is 5.92 Å². The minimum atomic E-state index is 0.462. The van der Waals surface area contributed by atoms with Gasteiger partial charge >= 0.3 is 0 Å². The van der Waals surface area contributed by atoms with Crippen LogP contribution in [0.15, 0.2) is 18.2 Å². The van der Waals surface area contributed by atoms with Crippen molar-refractivity contribution < 1.29 is 4.74 Å². The molecule has 0 aliphatic heterocycles. The lowest BCUT2D eigenvalue weighted by atomic mass is 10.1. The van der Waals surface area contributed by atoms with Gasteiger partial charge in [0.1, 0.15) is 0 Å². The summed E-state index contributed by atoms with van der Waals surface area (Å²) in [4.78, 5) is 2.25. The van der Waals surface area contributed by atoms with Crippen LogP contribution in [0.25, 0.3) is 0 Å². The van der Waals surface area contributed by atoms with Crippen LogP contribution in [0.5, 0.6) is 0 Å². The third-order valence-corrected chi connectivity index (χ3v) is 4.01. The number of hydrogen-bond acceptors (Lipinski definition) is 3. The Morgan fingerprint density at radius 1 is 1.38 bits per heavy atom. The lowest BCUT2D eigenvalue weighted by molar-refractivity contribution is 0.131. The number of benzene rings is 1. The number of anilines is 1. The summed E-state index contributed by atoms with van der Waals surface area (Å²) in [6, 6.07) is 6.56. The van der Waals surface area contributed by atoms with Gasteiger partial charge in [-0.15, -0.1) is 0 Å². The van der Waals surface area contributed by atoms with E-state index in [0.29, 0.717) is 6.04 Å². The maximum Gasteiger partial charge on any atom is 0.0641 e. The van der Waals surface area contributed by atoms with Gasteiger partial charge in [-0.1, -0.05) is 25.4 Å². The van der Waals surface area contributed by atoms with Crippen molar-refractivity contribution >= 4 is 17.3 Å². The Hall–Kier alpha value is -0.770. The maximum absolute atomic E-state index is 6.13. The van der Waals surface area contributed by atoms with Gasteiger partial charge in [0, 0.05) is 43.5 Å². The minimum Gasteiger partial charge on any atom is -0.379 e. The van der Waals surface area contributed by atoms with E-state index in [1.807, 2.05) is 12.1 Å². The molecule has 2 rings (SSSR count). The van der Waals surface area contributed by atoms with E-state index in [1.54, 1.807) is 0 Å². The van der Waals surface area contributed by atoms with E-state index in [1.165, 1.54) is 24.1 Å². The van der Waals surface area contributed by atoms with E-state index in [4.69, 9.17) is 16.3 Å². The van der Waals surface area contributed by atoms with Crippen LogP contribution in [0.1, 0.15) is 32.3 Å². The molecule has 1 aromatic rings. The molecule has 0 atom stereocenters. The molecule has 3 nitrogen and oxygen atoms in total. The Morgan fingerprint density at radius 2 is 2.14 bits per heavy atom. The number of hydrogen-bond donors (Lipinski definition) is 1. The fraction of sp³-hybridized carbons (Fsp3) is 0.647. The first-order valence-corrected chi connectivity index (χ1v) is 8.24. The maximum atomic E-state index is 6.13. The van der Waals surface area contributed by atoms with Crippen LogP contribution < -0.4 is 10.2 Å². The Bertz CT molecular complexity index is 446. The molecule has 0 saturated heterocycles. The van der Waals surface area contributed by atoms with Gasteiger partial charge in [0.2, 0.25) is 0 Å². The highest BCUT2D eigenvalue weighted by Crippen LogP contribution is 2.29. The van der Waals surface area contributed by atoms with E-state index in [0.717, 1.165) is 37.2 Å². The van der Waals surface area contributed by atoms with Crippen molar-refractivity contribution in [3.05, 3.63) is 28.8 Å². The zero-order chi connectivity index (χ0) is 15.2. The smallest absolute Gasteiger partial charge is 0.0641 e. The molecule has 1 aromatic carbocycles. The third kappa shape index (κ3) is 5.85. The molecule has 21 heavy (non-hydrogen) atoms. The molecule has 4 heteroatoms. The zero-order valence-corrected chi connectivity index (χ0v) is 14.1. The topological polar surface area (TPSA) is 24.5 Å². The number of ether oxygens (including phenoxy) is 1. The standard InChI is InChI=1S/C17H27ClN2O/c1-13(2)19-11-15-10-16(18)6-7-17(15)20(3)8-9-21-12-14-4-5-14/h6-7,10,13-14,19H,4-5,8-9,11-12H2,1-3H3. The summed E-state index contributed by atoms with van der Waals surface area (Å²) in [7, 11) is 2.11. The second kappa shape index (κ2) is 8.02. The number of rotatable bonds is 9. The van der Waals surface area contributed by atoms with Gasteiger partial charge in [-0.2, -0.15) is 0 Å². The highest BCUT2D eigenvalue weighted by atomic mass is 35.5. The number of likely N-dealkylation sites (N-methyl/N-ethyl adjacent to an activating group) is 1. The molecule has 1 aliphatic rings. The molecule has 118 valence electrons. The van der Waals surface area contributed by atoms with E-state index in [9.17, 15) is 0 Å². The van der Waals surface area contributed by atoms with Gasteiger partial charge in [-0.25, -0.2) is 0 Å². The zero-order valence-electron chi connectivity index (χ0n) is 13.4. The van der Waals surface area contributed by atoms with E-state index < -0.39 is 0 Å². The van der Waals surface area contributed by atoms with Crippen LogP contribution in [-0.4, -0.2) is 32.8 Å². The van der Waals surface area contributed by atoms with Gasteiger partial charge in [0.25, 0.3) is 0 Å². The number of halogens is 1. The van der Waals surface area contributed by atoms with E-state index in [-0.39, 0.29) is 0 Å². The SMILES string of the molecule is CC(C)NCc1cc(Cl)ccc1N(C)CCOCC1CC1. The second-order valence-electron chi connectivity index (χ2n) is 6.25. The summed E-state index contributed by atoms with van der Waals surface area (Å²) in [5, 5.41) is 4.25. The van der Waals surface area contributed by atoms with Crippen molar-refractivity contribution in [1.29, 1.82) is 0 Å². The Balaban J connectivity index is 1.88. The lowest BCUT2D eigenvalue weighted by Gasteiger charge is -2.23. The molecule has 1 N–H and O–H groups in total. The molecule has 0 heterocycles. The van der Waals surface area contributed by atoms with Crippen LogP contribution >= 0.6 is 11.6 Å². The number of nitrogens with one attached hydrogen (secondary N) is 1. The summed E-state index contributed by atoms with van der Waals surface area (Å²) < 4.78 is 5.73. The summed E-state index contributed by atoms with van der Waals surface area (Å²) in [6.07, 6.45) is 2.69. The Labute approximate surface area is 133 Å². The van der Waals surface area contributed by atoms with Gasteiger partial charge in [-0.3, -0.25) is 0 Å². The average molecular weight is 311 g/mol. The van der Waals surface area contributed by atoms with Gasteiger partial charge in [0.05, 0.1) is 6.61 Å². The largest absolute Gasteiger partial charge is 0.379 e. The average Bonchev–Trinajstić information content (AvgIpc) is 3.25. The van der Waals surface area contributed by atoms with E-state index in [2.05, 4.69) is 37.2 Å². The van der Waals surface area contributed by atoms with Crippen LogP contribution in [0.2, 0.25) is 5.02 Å². The first kappa shape index (κ1) is 16.6. The third-order valence-electron chi connectivity index (χ3n) is 3.78. The second-order valence-corrected chi connectivity index (χ2v) is 6.68. The van der Waals surface area contributed by atoms with Crippen molar-refractivity contribution in [3.8, 4) is 0 Å². The normalized spacial score (nSPS) is 14.7. The molecule has 1 fully saturated rings. The molecule has 0 bridgehead atoms. The summed E-state index contributed by atoms with van der Waals surface area (Å²) in [5.41, 5.74) is 2.46. The summed E-state index contributed by atoms with van der Waals surface area (Å²) >= 11 is 6.13. The van der Waals surface area contributed by atoms with Gasteiger partial charge < -0.3 is 15.0 Å².